The smallest absolute Gasteiger partial charge is 0.489 e. The summed E-state index contributed by atoms with van der Waals surface area (Å²) in [4.78, 5) is -0.208. The summed E-state index contributed by atoms with van der Waals surface area (Å²) in [7, 11) is -2.66. The van der Waals surface area contributed by atoms with Crippen molar-refractivity contribution in [3.63, 3.8) is 0 Å². The van der Waals surface area contributed by atoms with Gasteiger partial charge in [-0.15, -0.1) is 13.2 Å². The van der Waals surface area contributed by atoms with Gasteiger partial charge in [-0.1, -0.05) is 12.1 Å². The van der Waals surface area contributed by atoms with E-state index in [2.05, 4.69) is 4.74 Å². The number of rotatable bonds is 7. The van der Waals surface area contributed by atoms with Crippen LogP contribution in [0.3, 0.4) is 0 Å². The zero-order valence-corrected chi connectivity index (χ0v) is 14.3. The Bertz CT molecular complexity index is 838. The minimum atomic E-state index is -4.86. The molecule has 2 rings (SSSR count). The zero-order valence-electron chi connectivity index (χ0n) is 13.5. The maximum absolute atomic E-state index is 13.4. The quantitative estimate of drug-likeness (QED) is 0.677. The van der Waals surface area contributed by atoms with Crippen LogP contribution in [0, 0.1) is 5.82 Å². The second-order valence-electron chi connectivity index (χ2n) is 5.12. The van der Waals surface area contributed by atoms with Crippen molar-refractivity contribution in [1.29, 1.82) is 0 Å². The van der Waals surface area contributed by atoms with Crippen LogP contribution in [0.4, 0.5) is 17.6 Å². The van der Waals surface area contributed by atoms with Crippen LogP contribution >= 0.6 is 0 Å². The van der Waals surface area contributed by atoms with E-state index in [1.165, 1.54) is 25.2 Å². The molecule has 0 aromatic heterocycles. The number of likely N-dealkylation sites (N-methyl/N-ethyl adjacent to an activating group) is 1. The second-order valence-corrected chi connectivity index (χ2v) is 7.17. The van der Waals surface area contributed by atoms with Crippen molar-refractivity contribution in [3.05, 3.63) is 54.3 Å². The molecule has 5 nitrogen and oxygen atoms in total. The molecule has 0 atom stereocenters. The third-order valence-corrected chi connectivity index (χ3v) is 5.14. The number of nitrogens with zero attached hydrogens (tertiary/aromatic N) is 1. The monoisotopic (exact) mass is 393 g/mol. The van der Waals surface area contributed by atoms with Gasteiger partial charge in [-0.05, 0) is 36.4 Å². The summed E-state index contributed by atoms with van der Waals surface area (Å²) in [5, 5.41) is 0. The molecule has 0 radical (unpaired) electrons. The number of benzene rings is 2. The summed E-state index contributed by atoms with van der Waals surface area (Å²) in [6.07, 6.45) is -4.86. The first-order valence-corrected chi connectivity index (χ1v) is 8.73. The summed E-state index contributed by atoms with van der Waals surface area (Å²) in [5.41, 5.74) is 0. The Morgan fingerprint density at radius 3 is 2.23 bits per heavy atom. The van der Waals surface area contributed by atoms with Crippen molar-refractivity contribution in [2.75, 3.05) is 20.2 Å². The maximum atomic E-state index is 13.4. The maximum Gasteiger partial charge on any atom is 0.573 e. The fourth-order valence-electron chi connectivity index (χ4n) is 1.96. The number of hydrogen-bond donors (Lipinski definition) is 0. The van der Waals surface area contributed by atoms with Gasteiger partial charge in [0.15, 0.2) is 11.6 Å². The lowest BCUT2D eigenvalue weighted by molar-refractivity contribution is -0.274. The van der Waals surface area contributed by atoms with E-state index in [0.717, 1.165) is 28.6 Å². The van der Waals surface area contributed by atoms with Gasteiger partial charge in [-0.2, -0.15) is 4.31 Å². The number of ether oxygens (including phenoxy) is 2. The topological polar surface area (TPSA) is 55.8 Å². The van der Waals surface area contributed by atoms with Crippen molar-refractivity contribution < 1.29 is 35.5 Å². The average Bonchev–Trinajstić information content (AvgIpc) is 2.55. The van der Waals surface area contributed by atoms with Gasteiger partial charge >= 0.3 is 6.36 Å². The highest BCUT2D eigenvalue weighted by Crippen LogP contribution is 2.24. The first kappa shape index (κ1) is 20.0. The molecule has 0 N–H and O–H groups in total. The number of sulfonamides is 1. The third-order valence-electron chi connectivity index (χ3n) is 3.27. The van der Waals surface area contributed by atoms with Crippen LogP contribution in [0.1, 0.15) is 0 Å². The lowest BCUT2D eigenvalue weighted by Gasteiger charge is -2.18. The van der Waals surface area contributed by atoms with E-state index < -0.39 is 28.0 Å². The molecule has 0 aliphatic rings. The molecule has 2 aromatic carbocycles. The van der Waals surface area contributed by atoms with Gasteiger partial charge in [0, 0.05) is 13.6 Å². The lowest BCUT2D eigenvalue weighted by atomic mass is 10.3. The molecule has 0 unspecified atom stereocenters. The van der Waals surface area contributed by atoms with E-state index >= 15 is 0 Å². The van der Waals surface area contributed by atoms with E-state index in [0.29, 0.717) is 0 Å². The van der Waals surface area contributed by atoms with Crippen molar-refractivity contribution in [3.8, 4) is 11.5 Å². The first-order chi connectivity index (χ1) is 12.1. The zero-order chi connectivity index (χ0) is 19.4. The molecule has 0 heterocycles. The van der Waals surface area contributed by atoms with Gasteiger partial charge in [0.05, 0.1) is 4.90 Å². The van der Waals surface area contributed by atoms with E-state index in [1.807, 2.05) is 0 Å². The van der Waals surface area contributed by atoms with Crippen LogP contribution < -0.4 is 9.47 Å². The Hall–Kier alpha value is -2.33. The molecule has 0 saturated heterocycles. The molecule has 0 fully saturated rings. The van der Waals surface area contributed by atoms with E-state index in [-0.39, 0.29) is 23.8 Å². The first-order valence-electron chi connectivity index (χ1n) is 7.29. The van der Waals surface area contributed by atoms with Crippen LogP contribution in [-0.4, -0.2) is 39.3 Å². The molecule has 2 aromatic rings. The predicted molar refractivity (Wildman–Crippen MR) is 84.8 cm³/mol. The fourth-order valence-corrected chi connectivity index (χ4v) is 3.11. The van der Waals surface area contributed by atoms with Crippen LogP contribution in [0.2, 0.25) is 0 Å². The SMILES string of the molecule is CN(CCOc1ccccc1F)S(=O)(=O)c1ccc(OC(F)(F)F)cc1. The highest BCUT2D eigenvalue weighted by atomic mass is 32.2. The minimum Gasteiger partial charge on any atom is -0.489 e. The van der Waals surface area contributed by atoms with E-state index in [4.69, 9.17) is 4.74 Å². The van der Waals surface area contributed by atoms with Gasteiger partial charge in [0.1, 0.15) is 12.4 Å². The Kier molecular flexibility index (Phi) is 6.09. The molecule has 0 saturated carbocycles. The number of para-hydroxylation sites is 1. The summed E-state index contributed by atoms with van der Waals surface area (Å²) >= 11 is 0. The Labute approximate surface area is 147 Å². The van der Waals surface area contributed by atoms with Gasteiger partial charge in [-0.25, -0.2) is 12.8 Å². The molecule has 0 aliphatic carbocycles. The molecule has 10 heteroatoms. The largest absolute Gasteiger partial charge is 0.573 e. The average molecular weight is 393 g/mol. The van der Waals surface area contributed by atoms with Crippen LogP contribution in [0.15, 0.2) is 53.4 Å². The lowest BCUT2D eigenvalue weighted by Crippen LogP contribution is -2.31. The Morgan fingerprint density at radius 2 is 1.65 bits per heavy atom. The highest BCUT2D eigenvalue weighted by Gasteiger charge is 2.31. The molecule has 0 amide bonds. The molecule has 26 heavy (non-hydrogen) atoms. The fraction of sp³-hybridized carbons (Fsp3) is 0.250. The summed E-state index contributed by atoms with van der Waals surface area (Å²) in [6.45, 7) is -0.191. The normalized spacial score (nSPS) is 12.2. The van der Waals surface area contributed by atoms with Gasteiger partial charge in [0.25, 0.3) is 0 Å². The van der Waals surface area contributed by atoms with Crippen molar-refractivity contribution in [2.45, 2.75) is 11.3 Å². The summed E-state index contributed by atoms with van der Waals surface area (Å²) in [5.74, 6) is -1.10. The predicted octanol–water partition coefficient (Wildman–Crippen LogP) is 3.42. The highest BCUT2D eigenvalue weighted by molar-refractivity contribution is 7.89. The number of alkyl halides is 3. The van der Waals surface area contributed by atoms with Crippen LogP contribution in [0.25, 0.3) is 0 Å². The molecule has 0 bridgehead atoms. The van der Waals surface area contributed by atoms with Gasteiger partial charge < -0.3 is 9.47 Å². The molecule has 0 aliphatic heterocycles. The third kappa shape index (κ3) is 5.33. The standard InChI is InChI=1S/C16H15F4NO4S/c1-21(10-11-24-15-5-3-2-4-14(15)17)26(22,23)13-8-6-12(7-9-13)25-16(18,19)20/h2-9H,10-11H2,1H3. The molecule has 0 spiro atoms. The molecular formula is C16H15F4NO4S. The second kappa shape index (κ2) is 7.92. The molecular weight excluding hydrogens is 378 g/mol. The van der Waals surface area contributed by atoms with Crippen LogP contribution in [-0.2, 0) is 10.0 Å². The van der Waals surface area contributed by atoms with Gasteiger partial charge in [-0.3, -0.25) is 0 Å². The Morgan fingerprint density at radius 1 is 1.04 bits per heavy atom. The summed E-state index contributed by atoms with van der Waals surface area (Å²) in [6, 6.07) is 9.50. The number of halogens is 4. The Balaban J connectivity index is 1.99. The number of hydrogen-bond acceptors (Lipinski definition) is 4. The van der Waals surface area contributed by atoms with E-state index in [9.17, 15) is 26.0 Å². The van der Waals surface area contributed by atoms with Crippen LogP contribution in [0.5, 0.6) is 11.5 Å². The molecule has 142 valence electrons. The van der Waals surface area contributed by atoms with Crippen molar-refractivity contribution in [2.24, 2.45) is 0 Å². The van der Waals surface area contributed by atoms with Crippen molar-refractivity contribution in [1.82, 2.24) is 4.31 Å². The van der Waals surface area contributed by atoms with Gasteiger partial charge in [0.2, 0.25) is 10.0 Å². The van der Waals surface area contributed by atoms with E-state index in [1.54, 1.807) is 6.07 Å². The van der Waals surface area contributed by atoms with Crippen molar-refractivity contribution >= 4 is 10.0 Å². The minimum absolute atomic E-state index is 0.00745. The summed E-state index contributed by atoms with van der Waals surface area (Å²) < 4.78 is 84.4.